The molecule has 1 aromatic carbocycles. The molecule has 6 heteroatoms. The molecule has 0 aromatic heterocycles. The number of likely N-dealkylation sites (tertiary alicyclic amines) is 1. The first-order valence-corrected chi connectivity index (χ1v) is 7.75. The molecule has 1 saturated heterocycles. The molecule has 0 saturated carbocycles. The maximum Gasteiger partial charge on any atom is 0.227 e. The Hall–Kier alpha value is -2.24. The van der Waals surface area contributed by atoms with Crippen molar-refractivity contribution in [3.63, 3.8) is 0 Å². The molecule has 0 aliphatic carbocycles. The quantitative estimate of drug-likeness (QED) is 0.886. The van der Waals surface area contributed by atoms with E-state index in [0.29, 0.717) is 31.7 Å². The average Bonchev–Trinajstić information content (AvgIpc) is 2.55. The number of carbonyl (C=O) groups is 2. The zero-order valence-electron chi connectivity index (χ0n) is 13.9. The number of nitrogens with two attached hydrogens (primary N) is 1. The van der Waals surface area contributed by atoms with Gasteiger partial charge in [-0.3, -0.25) is 9.59 Å². The van der Waals surface area contributed by atoms with Crippen molar-refractivity contribution in [2.45, 2.75) is 26.2 Å². The zero-order valence-corrected chi connectivity index (χ0v) is 13.9. The monoisotopic (exact) mass is 320 g/mol. The van der Waals surface area contributed by atoms with Crippen molar-refractivity contribution in [2.75, 3.05) is 27.3 Å². The van der Waals surface area contributed by atoms with Gasteiger partial charge in [0.05, 0.1) is 20.6 Å². The lowest BCUT2D eigenvalue weighted by Crippen LogP contribution is -2.42. The molecular weight excluding hydrogens is 296 g/mol. The minimum atomic E-state index is -0.274. The van der Waals surface area contributed by atoms with E-state index >= 15 is 0 Å². The van der Waals surface area contributed by atoms with E-state index in [2.05, 4.69) is 0 Å². The van der Waals surface area contributed by atoms with Crippen molar-refractivity contribution >= 4 is 11.8 Å². The van der Waals surface area contributed by atoms with Crippen molar-refractivity contribution in [2.24, 2.45) is 11.7 Å². The van der Waals surface area contributed by atoms with Gasteiger partial charge in [-0.15, -0.1) is 0 Å². The molecule has 0 spiro atoms. The Morgan fingerprint density at radius 1 is 1.22 bits per heavy atom. The van der Waals surface area contributed by atoms with Gasteiger partial charge in [0.2, 0.25) is 11.8 Å². The Kier molecular flexibility index (Phi) is 5.47. The third kappa shape index (κ3) is 3.75. The first kappa shape index (κ1) is 17.1. The zero-order chi connectivity index (χ0) is 17.0. The maximum atomic E-state index is 12.5. The van der Waals surface area contributed by atoms with Crippen LogP contribution in [0, 0.1) is 12.8 Å². The molecule has 2 amide bonds. The van der Waals surface area contributed by atoms with Crippen LogP contribution in [0.2, 0.25) is 0 Å². The van der Waals surface area contributed by atoms with Crippen LogP contribution in [0.4, 0.5) is 0 Å². The summed E-state index contributed by atoms with van der Waals surface area (Å²) in [5, 5.41) is 0. The van der Waals surface area contributed by atoms with Crippen molar-refractivity contribution in [3.05, 3.63) is 23.3 Å². The Bertz CT molecular complexity index is 593. The highest BCUT2D eigenvalue weighted by molar-refractivity contribution is 5.81. The Morgan fingerprint density at radius 3 is 2.39 bits per heavy atom. The molecule has 126 valence electrons. The number of piperidine rings is 1. The van der Waals surface area contributed by atoms with Gasteiger partial charge in [-0.2, -0.15) is 0 Å². The summed E-state index contributed by atoms with van der Waals surface area (Å²) in [5.41, 5.74) is 7.05. The van der Waals surface area contributed by atoms with Crippen LogP contribution in [0.15, 0.2) is 12.1 Å². The standard InChI is InChI=1S/C17H24N2O4/c1-11-14(22-2)5-4-13(16(11)23-3)10-15(20)19-8-6-12(7-9-19)17(18)21/h4-5,12H,6-10H2,1-3H3,(H2,18,21). The minimum Gasteiger partial charge on any atom is -0.496 e. The van der Waals surface area contributed by atoms with Crippen LogP contribution >= 0.6 is 0 Å². The molecule has 1 aliphatic heterocycles. The van der Waals surface area contributed by atoms with E-state index in [-0.39, 0.29) is 24.2 Å². The molecule has 2 rings (SSSR count). The molecule has 1 fully saturated rings. The highest BCUT2D eigenvalue weighted by atomic mass is 16.5. The molecule has 0 radical (unpaired) electrons. The Morgan fingerprint density at radius 2 is 1.87 bits per heavy atom. The van der Waals surface area contributed by atoms with E-state index in [1.165, 1.54) is 0 Å². The SMILES string of the molecule is COc1ccc(CC(=O)N2CCC(C(N)=O)CC2)c(OC)c1C. The summed E-state index contributed by atoms with van der Waals surface area (Å²) >= 11 is 0. The molecule has 1 aromatic rings. The molecule has 0 atom stereocenters. The van der Waals surface area contributed by atoms with Crippen molar-refractivity contribution in [1.82, 2.24) is 4.90 Å². The van der Waals surface area contributed by atoms with Crippen molar-refractivity contribution in [3.8, 4) is 11.5 Å². The van der Waals surface area contributed by atoms with Gasteiger partial charge in [0, 0.05) is 30.1 Å². The third-order valence-corrected chi connectivity index (χ3v) is 4.45. The van der Waals surface area contributed by atoms with Crippen LogP contribution in [0.5, 0.6) is 11.5 Å². The second-order valence-electron chi connectivity index (χ2n) is 5.82. The minimum absolute atomic E-state index is 0.0378. The van der Waals surface area contributed by atoms with E-state index in [4.69, 9.17) is 15.2 Å². The van der Waals surface area contributed by atoms with Gasteiger partial charge in [-0.1, -0.05) is 6.07 Å². The predicted molar refractivity (Wildman–Crippen MR) is 86.5 cm³/mol. The van der Waals surface area contributed by atoms with E-state index in [0.717, 1.165) is 16.9 Å². The van der Waals surface area contributed by atoms with Gasteiger partial charge in [-0.25, -0.2) is 0 Å². The fourth-order valence-electron chi connectivity index (χ4n) is 3.06. The summed E-state index contributed by atoms with van der Waals surface area (Å²) in [6.07, 6.45) is 1.55. The number of primary amides is 1. The van der Waals surface area contributed by atoms with Gasteiger partial charge >= 0.3 is 0 Å². The largest absolute Gasteiger partial charge is 0.496 e. The smallest absolute Gasteiger partial charge is 0.227 e. The molecule has 23 heavy (non-hydrogen) atoms. The molecule has 0 bridgehead atoms. The summed E-state index contributed by atoms with van der Waals surface area (Å²) in [7, 11) is 3.20. The first-order chi connectivity index (χ1) is 11.0. The van der Waals surface area contributed by atoms with Gasteiger partial charge < -0.3 is 20.1 Å². The van der Waals surface area contributed by atoms with Gasteiger partial charge in [-0.05, 0) is 25.8 Å². The molecular formula is C17H24N2O4. The highest BCUT2D eigenvalue weighted by Crippen LogP contribution is 2.32. The Labute approximate surface area is 136 Å². The van der Waals surface area contributed by atoms with Gasteiger partial charge in [0.15, 0.2) is 0 Å². The number of nitrogens with zero attached hydrogens (tertiary/aromatic N) is 1. The molecule has 1 heterocycles. The fourth-order valence-corrected chi connectivity index (χ4v) is 3.06. The summed E-state index contributed by atoms with van der Waals surface area (Å²) in [6.45, 7) is 3.05. The van der Waals surface area contributed by atoms with Crippen LogP contribution in [-0.2, 0) is 16.0 Å². The van der Waals surface area contributed by atoms with E-state index < -0.39 is 0 Å². The van der Waals surface area contributed by atoms with E-state index in [1.807, 2.05) is 19.1 Å². The second-order valence-corrected chi connectivity index (χ2v) is 5.82. The lowest BCUT2D eigenvalue weighted by molar-refractivity contribution is -0.134. The van der Waals surface area contributed by atoms with Crippen LogP contribution in [0.1, 0.15) is 24.0 Å². The van der Waals surface area contributed by atoms with E-state index in [1.54, 1.807) is 19.1 Å². The third-order valence-electron chi connectivity index (χ3n) is 4.45. The fraction of sp³-hybridized carbons (Fsp3) is 0.529. The lowest BCUT2D eigenvalue weighted by atomic mass is 9.95. The van der Waals surface area contributed by atoms with Gasteiger partial charge in [0.1, 0.15) is 11.5 Å². The Balaban J connectivity index is 2.06. The topological polar surface area (TPSA) is 81.9 Å². The summed E-state index contributed by atoms with van der Waals surface area (Å²) in [5.74, 6) is 1.07. The molecule has 0 unspecified atom stereocenters. The average molecular weight is 320 g/mol. The van der Waals surface area contributed by atoms with Crippen molar-refractivity contribution in [1.29, 1.82) is 0 Å². The number of ether oxygens (including phenoxy) is 2. The van der Waals surface area contributed by atoms with E-state index in [9.17, 15) is 9.59 Å². The second kappa shape index (κ2) is 7.35. The number of amides is 2. The molecule has 2 N–H and O–H groups in total. The van der Waals surface area contributed by atoms with Crippen LogP contribution in [0.3, 0.4) is 0 Å². The summed E-state index contributed by atoms with van der Waals surface area (Å²) in [6, 6.07) is 3.71. The predicted octanol–water partition coefficient (Wildman–Crippen LogP) is 1.28. The highest BCUT2D eigenvalue weighted by Gasteiger charge is 2.26. The van der Waals surface area contributed by atoms with Gasteiger partial charge in [0.25, 0.3) is 0 Å². The number of carbonyl (C=O) groups excluding carboxylic acids is 2. The molecule has 1 aliphatic rings. The van der Waals surface area contributed by atoms with Crippen LogP contribution in [-0.4, -0.2) is 44.0 Å². The summed E-state index contributed by atoms with van der Waals surface area (Å²) in [4.78, 5) is 25.5. The first-order valence-electron chi connectivity index (χ1n) is 7.75. The van der Waals surface area contributed by atoms with Crippen molar-refractivity contribution < 1.29 is 19.1 Å². The summed E-state index contributed by atoms with van der Waals surface area (Å²) < 4.78 is 10.7. The number of rotatable bonds is 5. The van der Waals surface area contributed by atoms with Crippen LogP contribution < -0.4 is 15.2 Å². The number of hydrogen-bond acceptors (Lipinski definition) is 4. The number of methoxy groups -OCH3 is 2. The number of benzene rings is 1. The lowest BCUT2D eigenvalue weighted by Gasteiger charge is -2.30. The normalized spacial score (nSPS) is 15.3. The number of hydrogen-bond donors (Lipinski definition) is 1. The van der Waals surface area contributed by atoms with Crippen LogP contribution in [0.25, 0.3) is 0 Å². The maximum absolute atomic E-state index is 12.5. The molecule has 6 nitrogen and oxygen atoms in total.